The largest absolute Gasteiger partial charge is 0.399 e. The van der Waals surface area contributed by atoms with Crippen LogP contribution in [0.1, 0.15) is 5.56 Å². The maximum atomic E-state index is 13.0. The Kier molecular flexibility index (Phi) is 3.49. The Balaban J connectivity index is 1.58. The molecular weight excluding hydrogens is 295 g/mol. The van der Waals surface area contributed by atoms with E-state index in [1.54, 1.807) is 0 Å². The molecule has 2 aliphatic heterocycles. The Morgan fingerprint density at radius 2 is 2.04 bits per heavy atom. The number of nitrogens with zero attached hydrogens (tertiary/aromatic N) is 4. The lowest BCUT2D eigenvalue weighted by Crippen LogP contribution is -2.56. The number of piperazine rings is 1. The Bertz CT molecular complexity index is 704. The molecule has 7 heteroatoms. The zero-order valence-corrected chi connectivity index (χ0v) is 12.7. The smallest absolute Gasteiger partial charge is 0.225 e. The second-order valence-electron chi connectivity index (χ2n) is 6.01. The van der Waals surface area contributed by atoms with Crippen molar-refractivity contribution in [3.05, 3.63) is 42.0 Å². The summed E-state index contributed by atoms with van der Waals surface area (Å²) in [6.07, 6.45) is 2.44. The molecule has 2 aliphatic rings. The lowest BCUT2D eigenvalue weighted by Gasteiger charge is -2.42. The minimum atomic E-state index is -0.407. The van der Waals surface area contributed by atoms with Crippen LogP contribution in [0.2, 0.25) is 0 Å². The second kappa shape index (κ2) is 5.66. The maximum absolute atomic E-state index is 13.0. The van der Waals surface area contributed by atoms with Gasteiger partial charge in [0.15, 0.2) is 5.82 Å². The highest BCUT2D eigenvalue weighted by atomic mass is 19.1. The molecule has 3 N–H and O–H groups in total. The summed E-state index contributed by atoms with van der Waals surface area (Å²) in [4.78, 5) is 12.7. The van der Waals surface area contributed by atoms with Crippen LogP contribution < -0.4 is 20.9 Å². The Labute approximate surface area is 134 Å². The number of nitrogens with two attached hydrogens (primary N) is 1. The highest BCUT2D eigenvalue weighted by molar-refractivity contribution is 5.62. The number of aromatic nitrogens is 2. The van der Waals surface area contributed by atoms with Crippen molar-refractivity contribution in [1.82, 2.24) is 15.3 Å². The van der Waals surface area contributed by atoms with Crippen molar-refractivity contribution in [2.45, 2.75) is 12.6 Å². The lowest BCUT2D eigenvalue weighted by molar-refractivity contribution is 0.493. The molecule has 1 aromatic heterocycles. The fourth-order valence-corrected chi connectivity index (χ4v) is 3.40. The van der Waals surface area contributed by atoms with Gasteiger partial charge in [-0.05, 0) is 23.8 Å². The van der Waals surface area contributed by atoms with Gasteiger partial charge in [0, 0.05) is 44.1 Å². The van der Waals surface area contributed by atoms with Crippen molar-refractivity contribution in [3.8, 4) is 0 Å². The van der Waals surface area contributed by atoms with E-state index in [4.69, 9.17) is 5.73 Å². The molecule has 6 nitrogen and oxygen atoms in total. The molecule has 0 amide bonds. The van der Waals surface area contributed by atoms with Crippen molar-refractivity contribution >= 4 is 17.3 Å². The van der Waals surface area contributed by atoms with Crippen LogP contribution in [0.3, 0.4) is 0 Å². The van der Waals surface area contributed by atoms with Crippen LogP contribution in [0.4, 0.5) is 21.7 Å². The first-order valence-electron chi connectivity index (χ1n) is 7.79. The average molecular weight is 314 g/mol. The van der Waals surface area contributed by atoms with E-state index in [0.29, 0.717) is 12.0 Å². The van der Waals surface area contributed by atoms with Gasteiger partial charge in [0.25, 0.3) is 0 Å². The number of halogens is 1. The molecule has 1 fully saturated rings. The van der Waals surface area contributed by atoms with Crippen LogP contribution in [0.15, 0.2) is 30.6 Å². The zero-order chi connectivity index (χ0) is 15.8. The quantitative estimate of drug-likeness (QED) is 0.765. The Morgan fingerprint density at radius 1 is 1.22 bits per heavy atom. The van der Waals surface area contributed by atoms with E-state index in [9.17, 15) is 4.39 Å². The van der Waals surface area contributed by atoms with Crippen molar-refractivity contribution < 1.29 is 4.39 Å². The first-order chi connectivity index (χ1) is 11.2. The first-order valence-corrected chi connectivity index (χ1v) is 7.79. The molecular formula is C16H19FN6. The van der Waals surface area contributed by atoms with Crippen LogP contribution >= 0.6 is 0 Å². The number of nitrogen functional groups attached to an aromatic ring is 1. The van der Waals surface area contributed by atoms with Gasteiger partial charge < -0.3 is 20.9 Å². The van der Waals surface area contributed by atoms with E-state index in [1.165, 1.54) is 23.6 Å². The van der Waals surface area contributed by atoms with Gasteiger partial charge in [-0.3, -0.25) is 0 Å². The molecule has 120 valence electrons. The Morgan fingerprint density at radius 3 is 2.87 bits per heavy atom. The minimum absolute atomic E-state index is 0.322. The highest BCUT2D eigenvalue weighted by Crippen LogP contribution is 2.29. The standard InChI is InChI=1S/C16H19FN6/c17-12-7-20-16(21-8-12)22-3-4-23-14(10-22)9-19-6-11-5-13(18)1-2-15(11)23/h1-2,5,7-8,14,19H,3-4,6,9-10,18H2. The van der Waals surface area contributed by atoms with Crippen LogP contribution in [-0.2, 0) is 6.54 Å². The van der Waals surface area contributed by atoms with E-state index in [1.807, 2.05) is 12.1 Å². The molecule has 0 spiro atoms. The predicted molar refractivity (Wildman–Crippen MR) is 87.9 cm³/mol. The summed E-state index contributed by atoms with van der Waals surface area (Å²) in [5.74, 6) is 0.183. The first kappa shape index (κ1) is 14.2. The third-order valence-electron chi connectivity index (χ3n) is 4.48. The summed E-state index contributed by atoms with van der Waals surface area (Å²) >= 11 is 0. The van der Waals surface area contributed by atoms with E-state index in [-0.39, 0.29) is 0 Å². The van der Waals surface area contributed by atoms with Crippen LogP contribution in [-0.4, -0.2) is 42.2 Å². The molecule has 0 bridgehead atoms. The summed E-state index contributed by atoms with van der Waals surface area (Å²) in [5.41, 5.74) is 9.18. The van der Waals surface area contributed by atoms with Crippen molar-refractivity contribution in [1.29, 1.82) is 0 Å². The number of fused-ring (bicyclic) bond motifs is 3. The van der Waals surface area contributed by atoms with Gasteiger partial charge >= 0.3 is 0 Å². The summed E-state index contributed by atoms with van der Waals surface area (Å²) in [6, 6.07) is 6.42. The summed E-state index contributed by atoms with van der Waals surface area (Å²) in [7, 11) is 0. The topological polar surface area (TPSA) is 70.3 Å². The summed E-state index contributed by atoms with van der Waals surface area (Å²) in [6.45, 7) is 4.20. The fraction of sp³-hybridized carbons (Fsp3) is 0.375. The molecule has 23 heavy (non-hydrogen) atoms. The van der Waals surface area contributed by atoms with Crippen LogP contribution in [0.5, 0.6) is 0 Å². The number of benzene rings is 1. The van der Waals surface area contributed by atoms with Gasteiger partial charge in [-0.15, -0.1) is 0 Å². The van der Waals surface area contributed by atoms with Crippen molar-refractivity contribution in [2.24, 2.45) is 0 Å². The summed E-state index contributed by atoms with van der Waals surface area (Å²) < 4.78 is 13.0. The fourth-order valence-electron chi connectivity index (χ4n) is 3.40. The molecule has 1 saturated heterocycles. The van der Waals surface area contributed by atoms with E-state index < -0.39 is 5.82 Å². The van der Waals surface area contributed by atoms with Crippen molar-refractivity contribution in [2.75, 3.05) is 41.7 Å². The maximum Gasteiger partial charge on any atom is 0.225 e. The lowest BCUT2D eigenvalue weighted by atomic mass is 10.1. The van der Waals surface area contributed by atoms with Crippen molar-refractivity contribution in [3.63, 3.8) is 0 Å². The molecule has 0 saturated carbocycles. The van der Waals surface area contributed by atoms with E-state index in [0.717, 1.165) is 38.4 Å². The zero-order valence-electron chi connectivity index (χ0n) is 12.7. The third-order valence-corrected chi connectivity index (χ3v) is 4.48. The third kappa shape index (κ3) is 2.68. The number of hydrogen-bond donors (Lipinski definition) is 2. The molecule has 1 unspecified atom stereocenters. The second-order valence-corrected chi connectivity index (χ2v) is 6.01. The molecule has 0 aliphatic carbocycles. The number of rotatable bonds is 1. The van der Waals surface area contributed by atoms with Gasteiger partial charge in [0.1, 0.15) is 0 Å². The molecule has 1 aromatic carbocycles. The monoisotopic (exact) mass is 314 g/mol. The van der Waals surface area contributed by atoms with E-state index >= 15 is 0 Å². The predicted octanol–water partition coefficient (Wildman–Crippen LogP) is 0.996. The molecule has 0 radical (unpaired) electrons. The molecule has 1 atom stereocenters. The van der Waals surface area contributed by atoms with Gasteiger partial charge in [0.2, 0.25) is 5.95 Å². The highest BCUT2D eigenvalue weighted by Gasteiger charge is 2.31. The van der Waals surface area contributed by atoms with Crippen LogP contribution in [0.25, 0.3) is 0 Å². The van der Waals surface area contributed by atoms with Gasteiger partial charge in [-0.2, -0.15) is 0 Å². The average Bonchev–Trinajstić information content (AvgIpc) is 2.73. The summed E-state index contributed by atoms with van der Waals surface area (Å²) in [5, 5.41) is 3.49. The molecule has 4 rings (SSSR count). The molecule has 2 aromatic rings. The van der Waals surface area contributed by atoms with E-state index in [2.05, 4.69) is 31.2 Å². The van der Waals surface area contributed by atoms with Gasteiger partial charge in [-0.1, -0.05) is 0 Å². The van der Waals surface area contributed by atoms with Crippen LogP contribution in [0, 0.1) is 5.82 Å². The number of hydrogen-bond acceptors (Lipinski definition) is 6. The number of anilines is 3. The number of nitrogens with one attached hydrogen (secondary N) is 1. The Hall–Kier alpha value is -2.41. The SMILES string of the molecule is Nc1ccc2c(c1)CNCC1CN(c3ncc(F)cn3)CCN21. The normalized spacial score (nSPS) is 20.7. The van der Waals surface area contributed by atoms with Gasteiger partial charge in [0.05, 0.1) is 18.4 Å². The minimum Gasteiger partial charge on any atom is -0.399 e. The van der Waals surface area contributed by atoms with Gasteiger partial charge in [-0.25, -0.2) is 14.4 Å². The molecule has 3 heterocycles.